The van der Waals surface area contributed by atoms with Crippen LogP contribution in [0.1, 0.15) is 6.42 Å². The van der Waals surface area contributed by atoms with Gasteiger partial charge >= 0.3 is 0 Å². The minimum absolute atomic E-state index is 0.0773. The van der Waals surface area contributed by atoms with Crippen LogP contribution in [0.5, 0.6) is 0 Å². The number of nitrogens with zero attached hydrogens (tertiary/aromatic N) is 4. The number of anilines is 1. The number of benzene rings is 2. The molecule has 0 radical (unpaired) electrons. The first-order valence-electron chi connectivity index (χ1n) is 9.71. The van der Waals surface area contributed by atoms with Crippen molar-refractivity contribution >= 4 is 40.7 Å². The van der Waals surface area contributed by atoms with Crippen molar-refractivity contribution in [2.75, 3.05) is 11.1 Å². The highest BCUT2D eigenvalue weighted by Gasteiger charge is 2.18. The van der Waals surface area contributed by atoms with Gasteiger partial charge < -0.3 is 5.32 Å². The Kier molecular flexibility index (Phi) is 6.94. The monoisotopic (exact) mass is 463 g/mol. The lowest BCUT2D eigenvalue weighted by atomic mass is 10.2. The third-order valence-corrected chi connectivity index (χ3v) is 5.62. The minimum atomic E-state index is -0.353. The number of amides is 1. The molecule has 0 atom stereocenters. The molecule has 0 spiro atoms. The zero-order chi connectivity index (χ0) is 22.3. The molecule has 0 saturated carbocycles. The molecule has 0 fully saturated rings. The molecule has 32 heavy (non-hydrogen) atoms. The Morgan fingerprint density at radius 3 is 2.59 bits per heavy atom. The normalized spacial score (nSPS) is 10.7. The molecule has 2 aromatic heterocycles. The van der Waals surface area contributed by atoms with E-state index in [2.05, 4.69) is 20.5 Å². The second kappa shape index (κ2) is 10.2. The van der Waals surface area contributed by atoms with Crippen LogP contribution >= 0.6 is 23.4 Å². The SMILES string of the molecule is O=C(CSc1nnc(-c2cccnc2)n1-c1cccc(Cl)c1)CC(=O)Nc1ccccc1. The molecule has 4 aromatic rings. The largest absolute Gasteiger partial charge is 0.326 e. The zero-order valence-corrected chi connectivity index (χ0v) is 18.4. The van der Waals surface area contributed by atoms with Crippen LogP contribution in [0.3, 0.4) is 0 Å². The lowest BCUT2D eigenvalue weighted by molar-refractivity contribution is -0.123. The maximum Gasteiger partial charge on any atom is 0.231 e. The first-order chi connectivity index (χ1) is 15.6. The number of thioether (sulfide) groups is 1. The van der Waals surface area contributed by atoms with Crippen molar-refractivity contribution in [3.63, 3.8) is 0 Å². The molecule has 7 nitrogen and oxygen atoms in total. The van der Waals surface area contributed by atoms with Gasteiger partial charge in [0.05, 0.1) is 17.9 Å². The number of hydrogen-bond acceptors (Lipinski definition) is 6. The van der Waals surface area contributed by atoms with Gasteiger partial charge in [-0.15, -0.1) is 10.2 Å². The highest BCUT2D eigenvalue weighted by molar-refractivity contribution is 7.99. The summed E-state index contributed by atoms with van der Waals surface area (Å²) >= 11 is 7.41. The average Bonchev–Trinajstić information content (AvgIpc) is 3.23. The van der Waals surface area contributed by atoms with E-state index in [1.807, 2.05) is 47.0 Å². The predicted octanol–water partition coefficient (Wildman–Crippen LogP) is 4.67. The number of Topliss-reactive ketones (excluding diaryl/α,β-unsaturated/α-hetero) is 1. The molecule has 4 rings (SSSR count). The summed E-state index contributed by atoms with van der Waals surface area (Å²) in [5, 5.41) is 12.4. The molecule has 0 unspecified atom stereocenters. The summed E-state index contributed by atoms with van der Waals surface area (Å²) < 4.78 is 1.82. The van der Waals surface area contributed by atoms with Gasteiger partial charge in [0.2, 0.25) is 5.91 Å². The summed E-state index contributed by atoms with van der Waals surface area (Å²) in [5.74, 6) is 0.0896. The van der Waals surface area contributed by atoms with Gasteiger partial charge in [0, 0.05) is 28.7 Å². The number of pyridine rings is 1. The Morgan fingerprint density at radius 2 is 1.84 bits per heavy atom. The highest BCUT2D eigenvalue weighted by Crippen LogP contribution is 2.28. The van der Waals surface area contributed by atoms with Crippen LogP contribution in [-0.4, -0.2) is 37.2 Å². The van der Waals surface area contributed by atoms with Crippen LogP contribution in [0.15, 0.2) is 84.3 Å². The predicted molar refractivity (Wildman–Crippen MR) is 125 cm³/mol. The second-order valence-corrected chi connectivity index (χ2v) is 8.16. The highest BCUT2D eigenvalue weighted by atomic mass is 35.5. The zero-order valence-electron chi connectivity index (χ0n) is 16.8. The molecule has 160 valence electrons. The Hall–Kier alpha value is -3.49. The fraction of sp³-hybridized carbons (Fsp3) is 0.0870. The Bertz CT molecular complexity index is 1230. The van der Waals surface area contributed by atoms with Gasteiger partial charge in [-0.2, -0.15) is 0 Å². The third kappa shape index (κ3) is 5.40. The van der Waals surface area contributed by atoms with Crippen molar-refractivity contribution in [1.82, 2.24) is 19.7 Å². The first kappa shape index (κ1) is 21.7. The van der Waals surface area contributed by atoms with E-state index >= 15 is 0 Å². The van der Waals surface area contributed by atoms with Crippen LogP contribution in [0.2, 0.25) is 5.02 Å². The molecule has 0 bridgehead atoms. The molecule has 9 heteroatoms. The molecule has 0 aliphatic heterocycles. The standard InChI is InChI=1S/C23H18ClN5O2S/c24-17-7-4-10-19(12-17)29-22(16-6-5-11-25-14-16)27-28-23(29)32-15-20(30)13-21(31)26-18-8-2-1-3-9-18/h1-12,14H,13,15H2,(H,26,31). The number of rotatable bonds is 8. The molecule has 0 aliphatic rings. The van der Waals surface area contributed by atoms with E-state index < -0.39 is 0 Å². The molecular formula is C23H18ClN5O2S. The fourth-order valence-corrected chi connectivity index (χ4v) is 3.99. The topological polar surface area (TPSA) is 89.8 Å². The van der Waals surface area contributed by atoms with Crippen LogP contribution in [0.4, 0.5) is 5.69 Å². The van der Waals surface area contributed by atoms with Gasteiger partial charge in [-0.05, 0) is 42.5 Å². The van der Waals surface area contributed by atoms with Gasteiger partial charge in [-0.3, -0.25) is 19.1 Å². The molecule has 0 aliphatic carbocycles. The summed E-state index contributed by atoms with van der Waals surface area (Å²) in [4.78, 5) is 28.7. The number of para-hydroxylation sites is 1. The van der Waals surface area contributed by atoms with Gasteiger partial charge in [0.25, 0.3) is 0 Å². The molecule has 2 aromatic carbocycles. The van der Waals surface area contributed by atoms with Crippen LogP contribution < -0.4 is 5.32 Å². The number of aromatic nitrogens is 4. The van der Waals surface area contributed by atoms with Crippen molar-refractivity contribution in [1.29, 1.82) is 0 Å². The Morgan fingerprint density at radius 1 is 1.00 bits per heavy atom. The second-order valence-electron chi connectivity index (χ2n) is 6.78. The number of carbonyl (C=O) groups is 2. The molecular weight excluding hydrogens is 446 g/mol. The average molecular weight is 464 g/mol. The van der Waals surface area contributed by atoms with Crippen molar-refractivity contribution in [3.8, 4) is 17.1 Å². The van der Waals surface area contributed by atoms with Gasteiger partial charge in [-0.1, -0.05) is 47.6 Å². The van der Waals surface area contributed by atoms with Gasteiger partial charge in [0.1, 0.15) is 0 Å². The maximum absolute atomic E-state index is 12.4. The van der Waals surface area contributed by atoms with Crippen LogP contribution in [0.25, 0.3) is 17.1 Å². The van der Waals surface area contributed by atoms with Crippen molar-refractivity contribution < 1.29 is 9.59 Å². The van der Waals surface area contributed by atoms with Gasteiger partial charge in [0.15, 0.2) is 16.8 Å². The lowest BCUT2D eigenvalue weighted by Crippen LogP contribution is -2.17. The quantitative estimate of drug-likeness (QED) is 0.301. The number of ketones is 1. The van der Waals surface area contributed by atoms with Crippen LogP contribution in [-0.2, 0) is 9.59 Å². The molecule has 0 saturated heterocycles. The summed E-state index contributed by atoms with van der Waals surface area (Å²) in [6.07, 6.45) is 3.15. The Labute approximate surface area is 193 Å². The van der Waals surface area contributed by atoms with Crippen molar-refractivity contribution in [2.24, 2.45) is 0 Å². The van der Waals surface area contributed by atoms with Crippen LogP contribution in [0, 0.1) is 0 Å². The smallest absolute Gasteiger partial charge is 0.231 e. The van der Waals surface area contributed by atoms with E-state index in [4.69, 9.17) is 11.6 Å². The fourth-order valence-electron chi connectivity index (χ4n) is 3.00. The van der Waals surface area contributed by atoms with Crippen molar-refractivity contribution in [2.45, 2.75) is 11.6 Å². The molecule has 1 amide bonds. The van der Waals surface area contributed by atoms with E-state index in [0.717, 1.165) is 11.3 Å². The molecule has 2 heterocycles. The first-order valence-corrected chi connectivity index (χ1v) is 11.1. The summed E-state index contributed by atoms with van der Waals surface area (Å²) in [5.41, 5.74) is 2.19. The van der Waals surface area contributed by atoms with E-state index in [0.29, 0.717) is 21.7 Å². The molecule has 1 N–H and O–H groups in total. The lowest BCUT2D eigenvalue weighted by Gasteiger charge is -2.10. The minimum Gasteiger partial charge on any atom is -0.326 e. The number of carbonyl (C=O) groups excluding carboxylic acids is 2. The summed E-state index contributed by atoms with van der Waals surface area (Å²) in [7, 11) is 0. The summed E-state index contributed by atoms with van der Waals surface area (Å²) in [6.45, 7) is 0. The van der Waals surface area contributed by atoms with E-state index in [1.165, 1.54) is 11.8 Å². The van der Waals surface area contributed by atoms with Gasteiger partial charge in [-0.25, -0.2) is 0 Å². The van der Waals surface area contributed by atoms with E-state index in [1.54, 1.807) is 36.7 Å². The number of nitrogens with one attached hydrogen (secondary N) is 1. The van der Waals surface area contributed by atoms with Crippen molar-refractivity contribution in [3.05, 3.63) is 84.1 Å². The van der Waals surface area contributed by atoms with E-state index in [9.17, 15) is 9.59 Å². The maximum atomic E-state index is 12.4. The third-order valence-electron chi connectivity index (χ3n) is 4.40. The summed E-state index contributed by atoms with van der Waals surface area (Å²) in [6, 6.07) is 20.0. The van der Waals surface area contributed by atoms with E-state index in [-0.39, 0.29) is 23.9 Å². The number of halogens is 1. The Balaban J connectivity index is 1.50. The number of hydrogen-bond donors (Lipinski definition) is 1.